The summed E-state index contributed by atoms with van der Waals surface area (Å²) in [7, 11) is 0. The number of hydrogen-bond acceptors (Lipinski definition) is 4. The van der Waals surface area contributed by atoms with Crippen LogP contribution in [0.2, 0.25) is 5.02 Å². The van der Waals surface area contributed by atoms with Crippen LogP contribution in [0.25, 0.3) is 11.1 Å². The van der Waals surface area contributed by atoms with Gasteiger partial charge in [-0.15, -0.1) is 0 Å². The number of halogens is 1. The lowest BCUT2D eigenvalue weighted by Crippen LogP contribution is -2.35. The third kappa shape index (κ3) is 6.26. The Bertz CT molecular complexity index is 827. The van der Waals surface area contributed by atoms with Crippen LogP contribution in [-0.2, 0) is 16.0 Å². The van der Waals surface area contributed by atoms with Crippen molar-refractivity contribution in [3.8, 4) is 11.1 Å². The van der Waals surface area contributed by atoms with E-state index in [1.165, 1.54) is 11.1 Å². The standard InChI is InChI=1S/C25H31ClO3S/c1-25(2,3)29-24(28)23-20(16-27)10-13-22(23)30-15-14-17-4-6-18(7-5-17)19-8-11-21(26)12-9-19/h4-9,11-12,20,22-23,27H,10,13-16H2,1-3H3/t20-,22-,23-/m0/s1. The number of ether oxygens (including phenoxy) is 1. The maximum Gasteiger partial charge on any atom is 0.310 e. The van der Waals surface area contributed by atoms with Crippen molar-refractivity contribution in [1.82, 2.24) is 0 Å². The molecule has 1 N–H and O–H groups in total. The Morgan fingerprint density at radius 3 is 2.23 bits per heavy atom. The molecule has 3 nitrogen and oxygen atoms in total. The van der Waals surface area contributed by atoms with Crippen LogP contribution < -0.4 is 0 Å². The molecule has 1 saturated carbocycles. The molecule has 3 atom stereocenters. The number of hydrogen-bond donors (Lipinski definition) is 1. The van der Waals surface area contributed by atoms with E-state index in [1.54, 1.807) is 0 Å². The van der Waals surface area contributed by atoms with E-state index in [2.05, 4.69) is 24.3 Å². The van der Waals surface area contributed by atoms with Gasteiger partial charge in [0, 0.05) is 16.9 Å². The van der Waals surface area contributed by atoms with Gasteiger partial charge in [-0.3, -0.25) is 4.79 Å². The molecule has 30 heavy (non-hydrogen) atoms. The van der Waals surface area contributed by atoms with E-state index in [1.807, 2.05) is 56.8 Å². The summed E-state index contributed by atoms with van der Waals surface area (Å²) in [5.41, 5.74) is 3.11. The molecule has 0 bridgehead atoms. The number of carbonyl (C=O) groups is 1. The first-order valence-electron chi connectivity index (χ1n) is 10.6. The van der Waals surface area contributed by atoms with Crippen molar-refractivity contribution in [3.63, 3.8) is 0 Å². The zero-order valence-electron chi connectivity index (χ0n) is 17.9. The molecule has 0 heterocycles. The Kier molecular flexibility index (Phi) is 7.89. The molecule has 0 radical (unpaired) electrons. The second-order valence-corrected chi connectivity index (χ2v) is 10.7. The molecule has 5 heteroatoms. The van der Waals surface area contributed by atoms with Gasteiger partial charge in [-0.25, -0.2) is 0 Å². The molecule has 0 amide bonds. The Morgan fingerprint density at radius 1 is 1.07 bits per heavy atom. The fraction of sp³-hybridized carbons (Fsp3) is 0.480. The van der Waals surface area contributed by atoms with Crippen LogP contribution in [0.1, 0.15) is 39.2 Å². The third-order valence-corrected chi connectivity index (χ3v) is 7.15. The second kappa shape index (κ2) is 10.2. The summed E-state index contributed by atoms with van der Waals surface area (Å²) in [5.74, 6) is 0.578. The number of esters is 1. The van der Waals surface area contributed by atoms with Gasteiger partial charge >= 0.3 is 5.97 Å². The topological polar surface area (TPSA) is 46.5 Å². The van der Waals surface area contributed by atoms with E-state index in [0.717, 1.165) is 35.6 Å². The SMILES string of the molecule is CC(C)(C)OC(=O)[C@H]1[C@H](CO)CC[C@@H]1SCCc1ccc(-c2ccc(Cl)cc2)cc1. The van der Waals surface area contributed by atoms with Gasteiger partial charge in [-0.05, 0) is 80.5 Å². The van der Waals surface area contributed by atoms with E-state index in [9.17, 15) is 9.90 Å². The molecule has 1 aliphatic carbocycles. The molecule has 0 unspecified atom stereocenters. The molecule has 3 rings (SSSR count). The minimum Gasteiger partial charge on any atom is -0.460 e. The number of carbonyl (C=O) groups excluding carboxylic acids is 1. The number of aryl methyl sites for hydroxylation is 1. The summed E-state index contributed by atoms with van der Waals surface area (Å²) < 4.78 is 5.64. The lowest BCUT2D eigenvalue weighted by molar-refractivity contribution is -0.161. The van der Waals surface area contributed by atoms with Crippen LogP contribution in [-0.4, -0.2) is 34.3 Å². The van der Waals surface area contributed by atoms with Crippen LogP contribution in [0, 0.1) is 11.8 Å². The van der Waals surface area contributed by atoms with Crippen molar-refractivity contribution in [1.29, 1.82) is 0 Å². The highest BCUT2D eigenvalue weighted by molar-refractivity contribution is 7.99. The van der Waals surface area contributed by atoms with Crippen molar-refractivity contribution < 1.29 is 14.6 Å². The zero-order chi connectivity index (χ0) is 21.7. The first-order chi connectivity index (χ1) is 14.3. The molecule has 1 fully saturated rings. The van der Waals surface area contributed by atoms with Gasteiger partial charge < -0.3 is 9.84 Å². The van der Waals surface area contributed by atoms with Crippen LogP contribution in [0.15, 0.2) is 48.5 Å². The minimum atomic E-state index is -0.499. The monoisotopic (exact) mass is 446 g/mol. The summed E-state index contributed by atoms with van der Waals surface area (Å²) >= 11 is 7.81. The second-order valence-electron chi connectivity index (χ2n) is 8.94. The average molecular weight is 447 g/mol. The molecule has 0 aromatic heterocycles. The minimum absolute atomic E-state index is 0.0102. The third-order valence-electron chi connectivity index (χ3n) is 5.50. The van der Waals surface area contributed by atoms with Crippen molar-refractivity contribution in [2.45, 2.75) is 50.9 Å². The van der Waals surface area contributed by atoms with E-state index in [0.29, 0.717) is 0 Å². The fourth-order valence-corrected chi connectivity index (χ4v) is 5.61. The quantitative estimate of drug-likeness (QED) is 0.529. The Balaban J connectivity index is 1.55. The van der Waals surface area contributed by atoms with Crippen LogP contribution in [0.4, 0.5) is 0 Å². The summed E-state index contributed by atoms with van der Waals surface area (Å²) in [6.07, 6.45) is 2.79. The molecule has 1 aliphatic rings. The normalized spacial score (nSPS) is 21.6. The predicted molar refractivity (Wildman–Crippen MR) is 126 cm³/mol. The first-order valence-corrected chi connectivity index (χ1v) is 12.0. The van der Waals surface area contributed by atoms with Gasteiger partial charge in [0.25, 0.3) is 0 Å². The van der Waals surface area contributed by atoms with E-state index in [4.69, 9.17) is 16.3 Å². The highest BCUT2D eigenvalue weighted by Gasteiger charge is 2.42. The molecule has 2 aromatic carbocycles. The van der Waals surface area contributed by atoms with Crippen LogP contribution in [0.3, 0.4) is 0 Å². The molecular weight excluding hydrogens is 416 g/mol. The molecule has 0 spiro atoms. The van der Waals surface area contributed by atoms with Gasteiger partial charge in [0.1, 0.15) is 5.60 Å². The first kappa shape index (κ1) is 23.2. The van der Waals surface area contributed by atoms with Crippen LogP contribution in [0.5, 0.6) is 0 Å². The van der Waals surface area contributed by atoms with E-state index in [-0.39, 0.29) is 29.7 Å². The number of aliphatic hydroxyl groups is 1. The Morgan fingerprint density at radius 2 is 1.67 bits per heavy atom. The number of rotatable bonds is 7. The summed E-state index contributed by atoms with van der Waals surface area (Å²) in [6, 6.07) is 16.5. The van der Waals surface area contributed by atoms with Crippen molar-refractivity contribution in [2.75, 3.05) is 12.4 Å². The van der Waals surface area contributed by atoms with Gasteiger partial charge in [0.2, 0.25) is 0 Å². The number of thioether (sulfide) groups is 1. The van der Waals surface area contributed by atoms with E-state index < -0.39 is 5.60 Å². The van der Waals surface area contributed by atoms with Crippen molar-refractivity contribution in [2.24, 2.45) is 11.8 Å². The Labute approximate surface area is 189 Å². The average Bonchev–Trinajstić information content (AvgIpc) is 3.11. The lowest BCUT2D eigenvalue weighted by Gasteiger charge is -2.27. The van der Waals surface area contributed by atoms with Gasteiger partial charge in [0.15, 0.2) is 0 Å². The van der Waals surface area contributed by atoms with Gasteiger partial charge in [0.05, 0.1) is 5.92 Å². The molecule has 162 valence electrons. The molecule has 0 aliphatic heterocycles. The van der Waals surface area contributed by atoms with Gasteiger partial charge in [-0.1, -0.05) is 48.0 Å². The summed E-state index contributed by atoms with van der Waals surface area (Å²) in [4.78, 5) is 12.7. The molecule has 0 saturated heterocycles. The zero-order valence-corrected chi connectivity index (χ0v) is 19.5. The van der Waals surface area contributed by atoms with Gasteiger partial charge in [-0.2, -0.15) is 11.8 Å². The van der Waals surface area contributed by atoms with E-state index >= 15 is 0 Å². The fourth-order valence-electron chi connectivity index (χ4n) is 3.98. The van der Waals surface area contributed by atoms with Crippen LogP contribution >= 0.6 is 23.4 Å². The summed E-state index contributed by atoms with van der Waals surface area (Å²) in [5, 5.41) is 10.7. The highest BCUT2D eigenvalue weighted by Crippen LogP contribution is 2.41. The van der Waals surface area contributed by atoms with Crippen molar-refractivity contribution >= 4 is 29.3 Å². The largest absolute Gasteiger partial charge is 0.460 e. The summed E-state index contributed by atoms with van der Waals surface area (Å²) in [6.45, 7) is 5.73. The van der Waals surface area contributed by atoms with Crippen molar-refractivity contribution in [3.05, 3.63) is 59.1 Å². The molecule has 2 aromatic rings. The maximum atomic E-state index is 12.7. The predicted octanol–water partition coefficient (Wildman–Crippen LogP) is 6.01. The number of benzene rings is 2. The highest BCUT2D eigenvalue weighted by atomic mass is 35.5. The number of aliphatic hydroxyl groups excluding tert-OH is 1. The maximum absolute atomic E-state index is 12.7. The smallest absolute Gasteiger partial charge is 0.310 e. The Hall–Kier alpha value is -1.49. The molecular formula is C25H31ClO3S. The lowest BCUT2D eigenvalue weighted by atomic mass is 9.96.